The first kappa shape index (κ1) is 19.9. The lowest BCUT2D eigenvalue weighted by Crippen LogP contribution is -2.71. The van der Waals surface area contributed by atoms with Gasteiger partial charge in [-0.2, -0.15) is 0 Å². The van der Waals surface area contributed by atoms with Crippen LogP contribution in [-0.4, -0.2) is 51.6 Å². The van der Waals surface area contributed by atoms with Gasteiger partial charge in [-0.25, -0.2) is 9.59 Å². The molecule has 0 spiro atoms. The highest BCUT2D eigenvalue weighted by molar-refractivity contribution is 7.37. The summed E-state index contributed by atoms with van der Waals surface area (Å²) >= 11 is 0. The maximum Gasteiger partial charge on any atom is 0.371 e. The second kappa shape index (κ2) is 7.04. The smallest absolute Gasteiger partial charge is 0.371 e. The van der Waals surface area contributed by atoms with Crippen LogP contribution in [0.1, 0.15) is 31.8 Å². The minimum Gasteiger partial charge on any atom is -0.485 e. The second-order valence-corrected chi connectivity index (χ2v) is 9.40. The molecule has 0 heterocycles. The van der Waals surface area contributed by atoms with Crippen molar-refractivity contribution in [3.05, 3.63) is 58.7 Å². The Kier molecular flexibility index (Phi) is 5.18. The lowest BCUT2D eigenvalue weighted by Gasteiger charge is -2.26. The van der Waals surface area contributed by atoms with Crippen LogP contribution in [0.4, 0.5) is 9.59 Å². The second-order valence-electron chi connectivity index (χ2n) is 5.93. The van der Waals surface area contributed by atoms with E-state index < -0.39 is 41.9 Å². The highest BCUT2D eigenvalue weighted by Crippen LogP contribution is 2.21. The minimum absolute atomic E-state index is 0.0210. The monoisotopic (exact) mass is 388 g/mol. The van der Waals surface area contributed by atoms with E-state index in [1.807, 2.05) is 0 Å². The van der Waals surface area contributed by atoms with E-state index in [0.717, 1.165) is 6.07 Å². The van der Waals surface area contributed by atoms with Crippen molar-refractivity contribution in [2.24, 2.45) is 0 Å². The SMILES string of the molecule is Cc1c(C(=O)O)cc([Si](C(=O)O)(C(=O)O)c2ccccc2)c(C(=O)O)c1C. The van der Waals surface area contributed by atoms with Gasteiger partial charge < -0.3 is 20.4 Å². The van der Waals surface area contributed by atoms with Crippen LogP contribution in [0.5, 0.6) is 0 Å². The van der Waals surface area contributed by atoms with Crippen LogP contribution in [0.25, 0.3) is 0 Å². The van der Waals surface area contributed by atoms with Crippen LogP contribution in [0.2, 0.25) is 0 Å². The molecular formula is C18H16O8Si. The van der Waals surface area contributed by atoms with Gasteiger partial charge in [0.1, 0.15) is 0 Å². The van der Waals surface area contributed by atoms with Crippen molar-refractivity contribution in [1.29, 1.82) is 0 Å². The zero-order valence-corrected chi connectivity index (χ0v) is 15.4. The molecule has 0 aromatic heterocycles. The van der Waals surface area contributed by atoms with Crippen molar-refractivity contribution >= 4 is 41.6 Å². The Labute approximate surface area is 154 Å². The molecule has 0 fully saturated rings. The van der Waals surface area contributed by atoms with Crippen LogP contribution >= 0.6 is 0 Å². The number of carbonyl (C=O) groups is 4. The lowest BCUT2D eigenvalue weighted by atomic mass is 9.98. The first-order chi connectivity index (χ1) is 12.6. The van der Waals surface area contributed by atoms with Crippen LogP contribution in [-0.2, 0) is 0 Å². The fourth-order valence-corrected chi connectivity index (χ4v) is 6.29. The maximum atomic E-state index is 12.3. The van der Waals surface area contributed by atoms with Crippen molar-refractivity contribution in [3.8, 4) is 0 Å². The van der Waals surface area contributed by atoms with Gasteiger partial charge in [-0.1, -0.05) is 30.3 Å². The zero-order valence-electron chi connectivity index (χ0n) is 14.4. The summed E-state index contributed by atoms with van der Waals surface area (Å²) in [5, 5.41) is 38.4. The Morgan fingerprint density at radius 1 is 0.778 bits per heavy atom. The first-order valence-corrected chi connectivity index (χ1v) is 9.70. The predicted octanol–water partition coefficient (Wildman–Crippen LogP) is 1.78. The Bertz CT molecular complexity index is 951. The van der Waals surface area contributed by atoms with Crippen LogP contribution in [0.15, 0.2) is 36.4 Å². The molecule has 2 aromatic carbocycles. The largest absolute Gasteiger partial charge is 0.485 e. The van der Waals surface area contributed by atoms with Crippen LogP contribution in [0, 0.1) is 13.8 Å². The molecule has 8 nitrogen and oxygen atoms in total. The normalized spacial score (nSPS) is 11.0. The Balaban J connectivity index is 3.13. The summed E-state index contributed by atoms with van der Waals surface area (Å²) in [7, 11) is -4.75. The summed E-state index contributed by atoms with van der Waals surface area (Å²) < 4.78 is 0. The topological polar surface area (TPSA) is 149 Å². The summed E-state index contributed by atoms with van der Waals surface area (Å²) in [6.07, 6.45) is 0. The van der Waals surface area contributed by atoms with Gasteiger partial charge in [0.15, 0.2) is 0 Å². The molecule has 140 valence electrons. The molecular weight excluding hydrogens is 372 g/mol. The molecule has 0 bridgehead atoms. The molecule has 9 heteroatoms. The van der Waals surface area contributed by atoms with Gasteiger partial charge in [0.25, 0.3) is 11.2 Å². The van der Waals surface area contributed by atoms with E-state index in [1.54, 1.807) is 6.07 Å². The van der Waals surface area contributed by atoms with Gasteiger partial charge in [0, 0.05) is 0 Å². The Hall–Kier alpha value is -3.46. The molecule has 4 N–H and O–H groups in total. The Morgan fingerprint density at radius 2 is 1.30 bits per heavy atom. The molecule has 0 aliphatic carbocycles. The maximum absolute atomic E-state index is 12.3. The number of hydrogen-bond donors (Lipinski definition) is 4. The quantitative estimate of drug-likeness (QED) is 0.547. The predicted molar refractivity (Wildman–Crippen MR) is 97.3 cm³/mol. The van der Waals surface area contributed by atoms with Gasteiger partial charge in [-0.15, -0.1) is 0 Å². The molecule has 0 radical (unpaired) electrons. The van der Waals surface area contributed by atoms with Gasteiger partial charge in [0.2, 0.25) is 0 Å². The molecule has 27 heavy (non-hydrogen) atoms. The van der Waals surface area contributed by atoms with E-state index in [9.17, 15) is 39.6 Å². The number of aromatic carboxylic acids is 2. The van der Waals surface area contributed by atoms with Gasteiger partial charge in [-0.3, -0.25) is 9.59 Å². The fraction of sp³-hybridized carbons (Fsp3) is 0.111. The van der Waals surface area contributed by atoms with Crippen molar-refractivity contribution < 1.29 is 39.6 Å². The molecule has 0 saturated carbocycles. The third kappa shape index (κ3) is 2.97. The minimum atomic E-state index is -4.75. The number of benzene rings is 2. The van der Waals surface area contributed by atoms with Crippen molar-refractivity contribution in [3.63, 3.8) is 0 Å². The summed E-state index contributed by atoms with van der Waals surface area (Å²) in [6, 6.07) is 7.94. The number of carboxylic acid groups (broad SMARTS) is 4. The molecule has 2 rings (SSSR count). The third-order valence-corrected chi connectivity index (χ3v) is 8.28. The van der Waals surface area contributed by atoms with E-state index >= 15 is 0 Å². The van der Waals surface area contributed by atoms with Crippen molar-refractivity contribution in [1.82, 2.24) is 0 Å². The number of hydrogen-bond acceptors (Lipinski definition) is 4. The molecule has 0 atom stereocenters. The van der Waals surface area contributed by atoms with Gasteiger partial charge in [0.05, 0.1) is 11.1 Å². The van der Waals surface area contributed by atoms with E-state index in [4.69, 9.17) is 0 Å². The summed E-state index contributed by atoms with van der Waals surface area (Å²) in [5.74, 6) is -2.92. The van der Waals surface area contributed by atoms with Gasteiger partial charge >= 0.3 is 20.0 Å². The molecule has 0 aliphatic heterocycles. The standard InChI is InChI=1S/C18H16O8Si/c1-9-10(2)14(16(21)22)13(8-12(9)15(19)20)27(17(23)24,18(25)26)11-6-4-3-5-7-11/h3-8H,1-2H3,(H,19,20)(H,21,22)(H,23,24)(H,25,26). The average Bonchev–Trinajstić information content (AvgIpc) is 2.58. The van der Waals surface area contributed by atoms with Crippen LogP contribution in [0.3, 0.4) is 0 Å². The van der Waals surface area contributed by atoms with E-state index in [1.165, 1.54) is 38.1 Å². The summed E-state index contributed by atoms with van der Waals surface area (Å²) in [4.78, 5) is 48.0. The summed E-state index contributed by atoms with van der Waals surface area (Å²) in [6.45, 7) is 2.73. The number of carboxylic acids is 2. The van der Waals surface area contributed by atoms with E-state index in [0.29, 0.717) is 0 Å². The number of rotatable bonds is 6. The highest BCUT2D eigenvalue weighted by Gasteiger charge is 2.57. The van der Waals surface area contributed by atoms with E-state index in [2.05, 4.69) is 0 Å². The molecule has 0 unspecified atom stereocenters. The summed E-state index contributed by atoms with van der Waals surface area (Å²) in [5.41, 5.74) is -4.05. The van der Waals surface area contributed by atoms with Crippen molar-refractivity contribution in [2.45, 2.75) is 13.8 Å². The van der Waals surface area contributed by atoms with Crippen molar-refractivity contribution in [2.75, 3.05) is 0 Å². The van der Waals surface area contributed by atoms with E-state index in [-0.39, 0.29) is 21.9 Å². The first-order valence-electron chi connectivity index (χ1n) is 7.70. The molecule has 0 aliphatic rings. The van der Waals surface area contributed by atoms with Gasteiger partial charge in [-0.05, 0) is 41.4 Å². The fourth-order valence-electron chi connectivity index (χ4n) is 3.12. The average molecular weight is 388 g/mol. The lowest BCUT2D eigenvalue weighted by molar-refractivity contribution is 0.0680. The molecule has 0 amide bonds. The third-order valence-electron chi connectivity index (χ3n) is 4.60. The zero-order chi connectivity index (χ0) is 20.5. The molecule has 2 aromatic rings. The van der Waals surface area contributed by atoms with Crippen LogP contribution < -0.4 is 10.4 Å². The highest BCUT2D eigenvalue weighted by atomic mass is 28.3. The Morgan fingerprint density at radius 3 is 1.70 bits per heavy atom. The molecule has 0 saturated heterocycles.